The lowest BCUT2D eigenvalue weighted by Crippen LogP contribution is -2.28. The third-order valence-corrected chi connectivity index (χ3v) is 6.12. The molecule has 0 aliphatic carbocycles. The molecule has 0 heterocycles. The zero-order valence-electron chi connectivity index (χ0n) is 30.9. The normalized spacial score (nSPS) is 13.4. The van der Waals surface area contributed by atoms with Crippen LogP contribution in [0.3, 0.4) is 0 Å². The van der Waals surface area contributed by atoms with E-state index in [0.29, 0.717) is 32.8 Å². The first-order valence-electron chi connectivity index (χ1n) is 15.5. The van der Waals surface area contributed by atoms with Crippen molar-refractivity contribution in [1.29, 1.82) is 0 Å². The second kappa shape index (κ2) is 12.8. The van der Waals surface area contributed by atoms with Gasteiger partial charge in [0, 0.05) is 12.1 Å². The number of ether oxygens (including phenoxy) is 6. The number of phenols is 2. The Morgan fingerprint density at radius 1 is 0.378 bits per heavy atom. The second-order valence-corrected chi connectivity index (χ2v) is 18.2. The first-order valence-corrected chi connectivity index (χ1v) is 16.3. The summed E-state index contributed by atoms with van der Waals surface area (Å²) in [6.07, 6.45) is 0. The van der Waals surface area contributed by atoms with E-state index in [1.807, 2.05) is 125 Å². The van der Waals surface area contributed by atoms with E-state index in [4.69, 9.17) is 28.4 Å². The lowest BCUT2D eigenvalue weighted by molar-refractivity contribution is 0.0837. The molecule has 0 aliphatic heterocycles. The molecule has 0 saturated carbocycles. The van der Waals surface area contributed by atoms with Gasteiger partial charge in [0.15, 0.2) is 23.0 Å². The van der Waals surface area contributed by atoms with Crippen LogP contribution in [0.25, 0.3) is 0 Å². The molecule has 0 bridgehead atoms. The Morgan fingerprint density at radius 3 is 0.822 bits per heavy atom. The van der Waals surface area contributed by atoms with Gasteiger partial charge in [-0.2, -0.15) is 0 Å². The molecule has 2 rings (SSSR count). The third-order valence-electron chi connectivity index (χ3n) is 4.94. The summed E-state index contributed by atoms with van der Waals surface area (Å²) in [5.41, 5.74) is -3.92. The van der Waals surface area contributed by atoms with E-state index in [0.717, 1.165) is 0 Å². The van der Waals surface area contributed by atoms with E-state index < -0.39 is 33.6 Å². The first kappa shape index (κ1) is 38.4. The summed E-state index contributed by atoms with van der Waals surface area (Å²) in [6.45, 7) is 34.6. The van der Waals surface area contributed by atoms with Gasteiger partial charge in [-0.25, -0.2) is 0 Å². The van der Waals surface area contributed by atoms with E-state index in [-0.39, 0.29) is 23.0 Å². The van der Waals surface area contributed by atoms with Crippen LogP contribution in [0, 0.1) is 0 Å². The summed E-state index contributed by atoms with van der Waals surface area (Å²) in [5.74, 6) is 1.49. The van der Waals surface area contributed by atoms with Crippen LogP contribution >= 0.6 is 11.8 Å². The molecule has 9 heteroatoms. The molecule has 0 radical (unpaired) electrons. The van der Waals surface area contributed by atoms with Crippen molar-refractivity contribution in [2.75, 3.05) is 0 Å². The topological polar surface area (TPSA) is 95.8 Å². The Kier molecular flexibility index (Phi) is 10.9. The average Bonchev–Trinajstić information content (AvgIpc) is 2.72. The molecule has 2 aromatic rings. The van der Waals surface area contributed by atoms with Crippen LogP contribution in [0.1, 0.15) is 125 Å². The predicted molar refractivity (Wildman–Crippen MR) is 183 cm³/mol. The SMILES string of the molecule is CC(C)(C)Oc1cc(O)c(OC(C)(C)C)c(OC(C)(C)C)c1Sc1c(OC(C)(C)C)cc(O)c(OC(C)(C)C)c1OC(C)(C)C. The van der Waals surface area contributed by atoms with Gasteiger partial charge < -0.3 is 38.6 Å². The van der Waals surface area contributed by atoms with Crippen molar-refractivity contribution in [1.82, 2.24) is 0 Å². The van der Waals surface area contributed by atoms with Crippen LogP contribution in [-0.2, 0) is 0 Å². The van der Waals surface area contributed by atoms with E-state index in [2.05, 4.69) is 0 Å². The van der Waals surface area contributed by atoms with Crippen molar-refractivity contribution in [2.45, 2.75) is 168 Å². The Hall–Kier alpha value is -2.81. The van der Waals surface area contributed by atoms with Crippen molar-refractivity contribution < 1.29 is 38.6 Å². The van der Waals surface area contributed by atoms with Crippen LogP contribution < -0.4 is 28.4 Å². The maximum Gasteiger partial charge on any atom is 0.205 e. The predicted octanol–water partition coefficient (Wildman–Crippen LogP) is 10.3. The van der Waals surface area contributed by atoms with Gasteiger partial charge in [0.2, 0.25) is 11.5 Å². The minimum atomic E-state index is -0.678. The van der Waals surface area contributed by atoms with Crippen molar-refractivity contribution in [2.24, 2.45) is 0 Å². The molecule has 0 aliphatic rings. The molecule has 0 aromatic heterocycles. The zero-order valence-corrected chi connectivity index (χ0v) is 31.7. The molecule has 45 heavy (non-hydrogen) atoms. The molecule has 0 spiro atoms. The summed E-state index contributed by atoms with van der Waals surface area (Å²) < 4.78 is 38.8. The molecule has 2 N–H and O–H groups in total. The van der Waals surface area contributed by atoms with E-state index >= 15 is 0 Å². The highest BCUT2D eigenvalue weighted by Gasteiger charge is 2.35. The van der Waals surface area contributed by atoms with Crippen LogP contribution in [-0.4, -0.2) is 43.8 Å². The average molecular weight is 651 g/mol. The molecule has 0 saturated heterocycles. The maximum atomic E-state index is 11.3. The highest BCUT2D eigenvalue weighted by molar-refractivity contribution is 7.99. The molecule has 8 nitrogen and oxygen atoms in total. The zero-order chi connectivity index (χ0) is 35.1. The summed E-state index contributed by atoms with van der Waals surface area (Å²) in [6, 6.07) is 3.09. The summed E-state index contributed by atoms with van der Waals surface area (Å²) in [4.78, 5) is 1.06. The second-order valence-electron chi connectivity index (χ2n) is 17.2. The molecule has 256 valence electrons. The van der Waals surface area contributed by atoms with Crippen LogP contribution in [0.15, 0.2) is 21.9 Å². The fourth-order valence-electron chi connectivity index (χ4n) is 3.89. The van der Waals surface area contributed by atoms with Gasteiger partial charge in [-0.1, -0.05) is 11.8 Å². The molecular weight excluding hydrogens is 592 g/mol. The number of benzene rings is 2. The number of aromatic hydroxyl groups is 2. The summed E-state index contributed by atoms with van der Waals surface area (Å²) in [7, 11) is 0. The standard InChI is InChI=1S/C36H58O8S/c1-31(2,3)39-23-19-21(37)25(41-33(7,8)9)27(43-35(13,14)15)29(23)45-30-24(40-32(4,5)6)20-22(38)26(42-34(10,11)12)28(30)44-36(16,17)18/h19-20,37-38H,1-18H3. The molecule has 0 atom stereocenters. The molecule has 0 unspecified atom stereocenters. The summed E-state index contributed by atoms with van der Waals surface area (Å²) in [5, 5.41) is 22.7. The van der Waals surface area contributed by atoms with Gasteiger partial charge in [0.25, 0.3) is 0 Å². The van der Waals surface area contributed by atoms with Crippen molar-refractivity contribution in [3.8, 4) is 46.0 Å². The highest BCUT2D eigenvalue weighted by atomic mass is 32.2. The van der Waals surface area contributed by atoms with E-state index in [9.17, 15) is 10.2 Å². The quantitative estimate of drug-likeness (QED) is 0.289. The van der Waals surface area contributed by atoms with Gasteiger partial charge in [-0.3, -0.25) is 0 Å². The molecule has 2 aromatic carbocycles. The van der Waals surface area contributed by atoms with Gasteiger partial charge in [-0.15, -0.1) is 0 Å². The lowest BCUT2D eigenvalue weighted by atomic mass is 10.1. The lowest BCUT2D eigenvalue weighted by Gasteiger charge is -2.33. The highest BCUT2D eigenvalue weighted by Crippen LogP contribution is 2.59. The fraction of sp³-hybridized carbons (Fsp3) is 0.667. The number of phenolic OH excluding ortho intramolecular Hbond substituents is 2. The number of rotatable bonds is 8. The number of hydrogen-bond acceptors (Lipinski definition) is 9. The van der Waals surface area contributed by atoms with E-state index in [1.54, 1.807) is 12.1 Å². The van der Waals surface area contributed by atoms with E-state index in [1.165, 1.54) is 11.8 Å². The smallest absolute Gasteiger partial charge is 0.205 e. The van der Waals surface area contributed by atoms with Crippen LogP contribution in [0.4, 0.5) is 0 Å². The Balaban J connectivity index is 3.19. The largest absolute Gasteiger partial charge is 0.504 e. The monoisotopic (exact) mass is 650 g/mol. The third kappa shape index (κ3) is 12.5. The van der Waals surface area contributed by atoms with Gasteiger partial charge >= 0.3 is 0 Å². The Bertz CT molecular complexity index is 1240. The number of hydrogen-bond donors (Lipinski definition) is 2. The van der Waals surface area contributed by atoms with Crippen LogP contribution in [0.2, 0.25) is 0 Å². The molecule has 0 amide bonds. The summed E-state index contributed by atoms with van der Waals surface area (Å²) >= 11 is 1.27. The minimum Gasteiger partial charge on any atom is -0.504 e. The van der Waals surface area contributed by atoms with Crippen molar-refractivity contribution in [3.05, 3.63) is 12.1 Å². The minimum absolute atomic E-state index is 0.118. The Morgan fingerprint density at radius 2 is 0.600 bits per heavy atom. The van der Waals surface area contributed by atoms with Crippen molar-refractivity contribution >= 4 is 11.8 Å². The fourth-order valence-corrected chi connectivity index (χ4v) is 4.95. The van der Waals surface area contributed by atoms with Crippen molar-refractivity contribution in [3.63, 3.8) is 0 Å². The van der Waals surface area contributed by atoms with Gasteiger partial charge in [0.1, 0.15) is 54.9 Å². The molecule has 0 fully saturated rings. The first-order chi connectivity index (χ1) is 19.8. The van der Waals surface area contributed by atoms with Crippen LogP contribution in [0.5, 0.6) is 46.0 Å². The maximum absolute atomic E-state index is 11.3. The van der Waals surface area contributed by atoms with Gasteiger partial charge in [0.05, 0.1) is 0 Å². The Labute approximate surface area is 276 Å². The van der Waals surface area contributed by atoms with Gasteiger partial charge in [-0.05, 0) is 125 Å². The molecular formula is C36H58O8S.